The molecule has 3 N–H and O–H groups in total. The van der Waals surface area contributed by atoms with Crippen molar-refractivity contribution >= 4 is 28.9 Å². The van der Waals surface area contributed by atoms with Crippen molar-refractivity contribution in [2.45, 2.75) is 38.6 Å². The second-order valence-corrected chi connectivity index (χ2v) is 6.38. The topological polar surface area (TPSA) is 58.4 Å². The first-order chi connectivity index (χ1) is 9.97. The normalized spacial score (nSPS) is 16.0. The number of carbonyl (C=O) groups excluding carboxylic acids is 1. The molecule has 2 rings (SSSR count). The standard InChI is InChI=1S/C16H24ClN3O/c1-11(12-5-6-12)20(2)9-3-4-16(21)19-15-10-13(17)7-8-14(15)18/h7-8,10-12H,3-6,9,18H2,1-2H3,(H,19,21). The number of benzene rings is 1. The Bertz CT molecular complexity index is 502. The lowest BCUT2D eigenvalue weighted by Gasteiger charge is -2.24. The zero-order valence-electron chi connectivity index (χ0n) is 12.7. The highest BCUT2D eigenvalue weighted by Gasteiger charge is 2.30. The minimum Gasteiger partial charge on any atom is -0.397 e. The summed E-state index contributed by atoms with van der Waals surface area (Å²) >= 11 is 5.90. The minimum absolute atomic E-state index is 0.0172. The number of nitrogen functional groups attached to an aromatic ring is 1. The first-order valence-electron chi connectivity index (χ1n) is 7.52. The Balaban J connectivity index is 1.73. The van der Waals surface area contributed by atoms with E-state index in [1.54, 1.807) is 18.2 Å². The summed E-state index contributed by atoms with van der Waals surface area (Å²) in [4.78, 5) is 14.3. The van der Waals surface area contributed by atoms with Crippen LogP contribution in [0.5, 0.6) is 0 Å². The molecule has 1 fully saturated rings. The molecule has 0 aliphatic heterocycles. The Kier molecular flexibility index (Phi) is 5.48. The highest BCUT2D eigenvalue weighted by atomic mass is 35.5. The molecule has 4 nitrogen and oxygen atoms in total. The smallest absolute Gasteiger partial charge is 0.224 e. The van der Waals surface area contributed by atoms with E-state index in [9.17, 15) is 4.79 Å². The molecule has 21 heavy (non-hydrogen) atoms. The van der Waals surface area contributed by atoms with Gasteiger partial charge in [-0.1, -0.05) is 11.6 Å². The molecule has 1 saturated carbocycles. The van der Waals surface area contributed by atoms with E-state index in [1.165, 1.54) is 12.8 Å². The first kappa shape index (κ1) is 16.1. The molecule has 1 aliphatic rings. The van der Waals surface area contributed by atoms with Gasteiger partial charge < -0.3 is 16.0 Å². The molecule has 1 unspecified atom stereocenters. The predicted molar refractivity (Wildman–Crippen MR) is 88.5 cm³/mol. The van der Waals surface area contributed by atoms with E-state index in [-0.39, 0.29) is 5.91 Å². The number of carbonyl (C=O) groups is 1. The van der Waals surface area contributed by atoms with Gasteiger partial charge in [-0.05, 0) is 63.9 Å². The number of nitrogens with one attached hydrogen (secondary N) is 1. The summed E-state index contributed by atoms with van der Waals surface area (Å²) in [6.45, 7) is 3.21. The van der Waals surface area contributed by atoms with Crippen molar-refractivity contribution in [3.63, 3.8) is 0 Å². The molecule has 0 saturated heterocycles. The van der Waals surface area contributed by atoms with Crippen LogP contribution in [0.25, 0.3) is 0 Å². The summed E-state index contributed by atoms with van der Waals surface area (Å²) in [7, 11) is 2.13. The third-order valence-electron chi connectivity index (χ3n) is 4.20. The molecule has 5 heteroatoms. The molecule has 0 heterocycles. The Hall–Kier alpha value is -1.26. The highest BCUT2D eigenvalue weighted by molar-refractivity contribution is 6.31. The van der Waals surface area contributed by atoms with Crippen LogP contribution in [0.2, 0.25) is 5.02 Å². The third-order valence-corrected chi connectivity index (χ3v) is 4.44. The molecule has 1 aliphatic carbocycles. The molecule has 1 aromatic carbocycles. The van der Waals surface area contributed by atoms with Crippen LogP contribution in [0.4, 0.5) is 11.4 Å². The Morgan fingerprint density at radius 1 is 1.52 bits per heavy atom. The second-order valence-electron chi connectivity index (χ2n) is 5.94. The van der Waals surface area contributed by atoms with Crippen molar-refractivity contribution in [3.05, 3.63) is 23.2 Å². The minimum atomic E-state index is -0.0172. The summed E-state index contributed by atoms with van der Waals surface area (Å²) in [5.41, 5.74) is 6.94. The van der Waals surface area contributed by atoms with Crippen molar-refractivity contribution in [2.75, 3.05) is 24.6 Å². The van der Waals surface area contributed by atoms with Crippen molar-refractivity contribution in [1.82, 2.24) is 4.90 Å². The van der Waals surface area contributed by atoms with E-state index in [0.717, 1.165) is 18.9 Å². The predicted octanol–water partition coefficient (Wildman–Crippen LogP) is 3.37. The summed E-state index contributed by atoms with van der Waals surface area (Å²) in [6.07, 6.45) is 4.04. The molecular formula is C16H24ClN3O. The number of nitrogens with zero attached hydrogens (tertiary/aromatic N) is 1. The van der Waals surface area contributed by atoms with Gasteiger partial charge in [0.05, 0.1) is 11.4 Å². The maximum absolute atomic E-state index is 11.9. The van der Waals surface area contributed by atoms with Crippen LogP contribution < -0.4 is 11.1 Å². The molecule has 1 aromatic rings. The van der Waals surface area contributed by atoms with Gasteiger partial charge in [-0.2, -0.15) is 0 Å². The maximum atomic E-state index is 11.9. The van der Waals surface area contributed by atoms with Gasteiger partial charge in [-0.25, -0.2) is 0 Å². The van der Waals surface area contributed by atoms with E-state index in [2.05, 4.69) is 24.2 Å². The fourth-order valence-corrected chi connectivity index (χ4v) is 2.65. The van der Waals surface area contributed by atoms with E-state index in [0.29, 0.717) is 28.9 Å². The van der Waals surface area contributed by atoms with Crippen molar-refractivity contribution in [2.24, 2.45) is 5.92 Å². The van der Waals surface area contributed by atoms with E-state index in [1.807, 2.05) is 0 Å². The highest BCUT2D eigenvalue weighted by Crippen LogP contribution is 2.34. The van der Waals surface area contributed by atoms with Gasteiger partial charge in [0.25, 0.3) is 0 Å². The average molecular weight is 310 g/mol. The summed E-state index contributed by atoms with van der Waals surface area (Å²) in [5.74, 6) is 0.839. The number of rotatable bonds is 7. The fourth-order valence-electron chi connectivity index (χ4n) is 2.48. The van der Waals surface area contributed by atoms with Gasteiger partial charge in [0.2, 0.25) is 5.91 Å². The number of halogens is 1. The van der Waals surface area contributed by atoms with Crippen LogP contribution in [-0.2, 0) is 4.79 Å². The quantitative estimate of drug-likeness (QED) is 0.759. The third kappa shape index (κ3) is 4.90. The molecule has 1 atom stereocenters. The largest absolute Gasteiger partial charge is 0.397 e. The Morgan fingerprint density at radius 3 is 2.90 bits per heavy atom. The van der Waals surface area contributed by atoms with Crippen LogP contribution in [0.3, 0.4) is 0 Å². The fraction of sp³-hybridized carbons (Fsp3) is 0.562. The number of anilines is 2. The Morgan fingerprint density at radius 2 is 2.24 bits per heavy atom. The summed E-state index contributed by atoms with van der Waals surface area (Å²) < 4.78 is 0. The number of nitrogens with two attached hydrogens (primary N) is 1. The van der Waals surface area contributed by atoms with Crippen molar-refractivity contribution in [3.8, 4) is 0 Å². The molecular weight excluding hydrogens is 286 g/mol. The molecule has 0 bridgehead atoms. The number of hydrogen-bond donors (Lipinski definition) is 2. The molecule has 0 aromatic heterocycles. The number of hydrogen-bond acceptors (Lipinski definition) is 3. The van der Waals surface area contributed by atoms with Crippen molar-refractivity contribution in [1.29, 1.82) is 0 Å². The second kappa shape index (κ2) is 7.14. The van der Waals surface area contributed by atoms with Crippen LogP contribution >= 0.6 is 11.6 Å². The molecule has 0 spiro atoms. The van der Waals surface area contributed by atoms with Crippen LogP contribution in [-0.4, -0.2) is 30.4 Å². The zero-order chi connectivity index (χ0) is 15.4. The monoisotopic (exact) mass is 309 g/mol. The van der Waals surface area contributed by atoms with E-state index >= 15 is 0 Å². The van der Waals surface area contributed by atoms with Gasteiger partial charge in [-0.15, -0.1) is 0 Å². The van der Waals surface area contributed by atoms with Gasteiger partial charge in [0.1, 0.15) is 0 Å². The lowest BCUT2D eigenvalue weighted by atomic mass is 10.1. The Labute approximate surface area is 131 Å². The lowest BCUT2D eigenvalue weighted by Crippen LogP contribution is -2.32. The van der Waals surface area contributed by atoms with Gasteiger partial charge in [0.15, 0.2) is 0 Å². The molecule has 116 valence electrons. The summed E-state index contributed by atoms with van der Waals surface area (Å²) in [6, 6.07) is 5.71. The molecule has 1 amide bonds. The van der Waals surface area contributed by atoms with E-state index < -0.39 is 0 Å². The first-order valence-corrected chi connectivity index (χ1v) is 7.90. The maximum Gasteiger partial charge on any atom is 0.224 e. The van der Waals surface area contributed by atoms with Gasteiger partial charge >= 0.3 is 0 Å². The SMILES string of the molecule is CC(C1CC1)N(C)CCCC(=O)Nc1cc(Cl)ccc1N. The van der Waals surface area contributed by atoms with Crippen LogP contribution in [0.1, 0.15) is 32.6 Å². The number of amides is 1. The van der Waals surface area contributed by atoms with Crippen LogP contribution in [0, 0.1) is 5.92 Å². The van der Waals surface area contributed by atoms with Crippen LogP contribution in [0.15, 0.2) is 18.2 Å². The molecule has 0 radical (unpaired) electrons. The van der Waals surface area contributed by atoms with E-state index in [4.69, 9.17) is 17.3 Å². The van der Waals surface area contributed by atoms with Crippen molar-refractivity contribution < 1.29 is 4.79 Å². The zero-order valence-corrected chi connectivity index (χ0v) is 13.5. The average Bonchev–Trinajstić information content (AvgIpc) is 3.26. The van der Waals surface area contributed by atoms with Gasteiger partial charge in [0, 0.05) is 17.5 Å². The lowest BCUT2D eigenvalue weighted by molar-refractivity contribution is -0.116. The van der Waals surface area contributed by atoms with Gasteiger partial charge in [-0.3, -0.25) is 4.79 Å². The summed E-state index contributed by atoms with van der Waals surface area (Å²) in [5, 5.41) is 3.39.